The van der Waals surface area contributed by atoms with Crippen LogP contribution in [0.5, 0.6) is 5.75 Å². The molecule has 1 aliphatic heterocycles. The number of morpholine rings is 1. The molecule has 164 valence electrons. The first-order chi connectivity index (χ1) is 15.1. The Kier molecular flexibility index (Phi) is 7.17. The Labute approximate surface area is 187 Å². The molecule has 0 atom stereocenters. The number of hydrogen-bond acceptors (Lipinski definition) is 6. The third-order valence-corrected chi connectivity index (χ3v) is 6.67. The molecule has 2 aromatic carbocycles. The average Bonchev–Trinajstić information content (AvgIpc) is 3.22. The highest BCUT2D eigenvalue weighted by Crippen LogP contribution is 2.29. The Morgan fingerprint density at radius 2 is 1.97 bits per heavy atom. The SMILES string of the molecule is Cc1ccc(OCC(=O)N(CCCN2CCOCC2)c2nc3ccccc3s2)cc1C. The van der Waals surface area contributed by atoms with Crippen LogP contribution in [0.25, 0.3) is 10.2 Å². The standard InChI is InChI=1S/C24H29N3O3S/c1-18-8-9-20(16-19(18)2)30-17-23(28)27(11-5-10-26-12-14-29-15-13-26)24-25-21-6-3-4-7-22(21)31-24/h3-4,6-9,16H,5,10-15,17H2,1-2H3. The van der Waals surface area contributed by atoms with Crippen LogP contribution in [0.3, 0.4) is 0 Å². The lowest BCUT2D eigenvalue weighted by molar-refractivity contribution is -0.120. The van der Waals surface area contributed by atoms with Gasteiger partial charge in [-0.2, -0.15) is 0 Å². The molecule has 0 N–H and O–H groups in total. The van der Waals surface area contributed by atoms with Crippen molar-refractivity contribution in [3.63, 3.8) is 0 Å². The van der Waals surface area contributed by atoms with Crippen molar-refractivity contribution in [3.8, 4) is 5.75 Å². The number of aryl methyl sites for hydroxylation is 2. The van der Waals surface area contributed by atoms with Gasteiger partial charge in [-0.25, -0.2) is 4.98 Å². The van der Waals surface area contributed by atoms with Crippen LogP contribution < -0.4 is 9.64 Å². The number of amides is 1. The minimum Gasteiger partial charge on any atom is -0.484 e. The number of ether oxygens (including phenoxy) is 2. The maximum Gasteiger partial charge on any atom is 0.266 e. The number of nitrogens with zero attached hydrogens (tertiary/aromatic N) is 3. The number of rotatable bonds is 8. The van der Waals surface area contributed by atoms with Gasteiger partial charge in [0, 0.05) is 26.2 Å². The van der Waals surface area contributed by atoms with Crippen LogP contribution in [0.4, 0.5) is 5.13 Å². The fourth-order valence-electron chi connectivity index (χ4n) is 3.61. The summed E-state index contributed by atoms with van der Waals surface area (Å²) in [5.74, 6) is 0.647. The zero-order chi connectivity index (χ0) is 21.6. The second kappa shape index (κ2) is 10.2. The summed E-state index contributed by atoms with van der Waals surface area (Å²) in [7, 11) is 0. The van der Waals surface area contributed by atoms with E-state index in [9.17, 15) is 4.79 Å². The maximum atomic E-state index is 13.2. The highest BCUT2D eigenvalue weighted by Gasteiger charge is 2.21. The minimum absolute atomic E-state index is 0.00399. The first kappa shape index (κ1) is 21.7. The van der Waals surface area contributed by atoms with Crippen LogP contribution in [0.2, 0.25) is 0 Å². The Morgan fingerprint density at radius 3 is 2.74 bits per heavy atom. The number of hydrogen-bond donors (Lipinski definition) is 0. The normalized spacial score (nSPS) is 14.6. The summed E-state index contributed by atoms with van der Waals surface area (Å²) >= 11 is 1.55. The van der Waals surface area contributed by atoms with Crippen molar-refractivity contribution in [1.82, 2.24) is 9.88 Å². The monoisotopic (exact) mass is 439 g/mol. The lowest BCUT2D eigenvalue weighted by Gasteiger charge is -2.27. The van der Waals surface area contributed by atoms with Gasteiger partial charge in [0.15, 0.2) is 11.7 Å². The molecular formula is C24H29N3O3S. The average molecular weight is 440 g/mol. The molecule has 0 spiro atoms. The Morgan fingerprint density at radius 1 is 1.16 bits per heavy atom. The van der Waals surface area contributed by atoms with Crippen molar-refractivity contribution < 1.29 is 14.3 Å². The molecule has 3 aromatic rings. The van der Waals surface area contributed by atoms with Gasteiger partial charge in [-0.3, -0.25) is 14.6 Å². The number of carbonyl (C=O) groups excluding carboxylic acids is 1. The third kappa shape index (κ3) is 5.61. The Balaban J connectivity index is 1.44. The van der Waals surface area contributed by atoms with Crippen molar-refractivity contribution in [3.05, 3.63) is 53.6 Å². The van der Waals surface area contributed by atoms with E-state index < -0.39 is 0 Å². The Hall–Kier alpha value is -2.48. The summed E-state index contributed by atoms with van der Waals surface area (Å²) in [6, 6.07) is 13.9. The van der Waals surface area contributed by atoms with Gasteiger partial charge in [-0.15, -0.1) is 0 Å². The second-order valence-electron chi connectivity index (χ2n) is 7.85. The number of para-hydroxylation sites is 1. The van der Waals surface area contributed by atoms with Crippen molar-refractivity contribution in [1.29, 1.82) is 0 Å². The van der Waals surface area contributed by atoms with Crippen LogP contribution in [-0.4, -0.2) is 61.8 Å². The molecule has 0 saturated carbocycles. The van der Waals surface area contributed by atoms with Crippen LogP contribution in [-0.2, 0) is 9.53 Å². The molecule has 0 radical (unpaired) electrons. The number of benzene rings is 2. The number of fused-ring (bicyclic) bond motifs is 1. The van der Waals surface area contributed by atoms with Crippen LogP contribution in [0.15, 0.2) is 42.5 Å². The first-order valence-corrected chi connectivity index (χ1v) is 11.6. The largest absolute Gasteiger partial charge is 0.484 e. The van der Waals surface area contributed by atoms with Gasteiger partial charge in [0.1, 0.15) is 5.75 Å². The molecular weight excluding hydrogens is 410 g/mol. The predicted molar refractivity (Wildman–Crippen MR) is 125 cm³/mol. The minimum atomic E-state index is -0.0701. The van der Waals surface area contributed by atoms with E-state index in [1.54, 1.807) is 16.2 Å². The molecule has 1 amide bonds. The van der Waals surface area contributed by atoms with Crippen molar-refractivity contribution in [2.24, 2.45) is 0 Å². The summed E-state index contributed by atoms with van der Waals surface area (Å²) < 4.78 is 12.3. The number of anilines is 1. The summed E-state index contributed by atoms with van der Waals surface area (Å²) in [4.78, 5) is 22.0. The molecule has 6 nitrogen and oxygen atoms in total. The van der Waals surface area contributed by atoms with E-state index >= 15 is 0 Å². The lowest BCUT2D eigenvalue weighted by Crippen LogP contribution is -2.40. The van der Waals surface area contributed by atoms with Gasteiger partial charge < -0.3 is 9.47 Å². The van der Waals surface area contributed by atoms with Gasteiger partial charge >= 0.3 is 0 Å². The molecule has 0 bridgehead atoms. The zero-order valence-electron chi connectivity index (χ0n) is 18.2. The Bertz CT molecular complexity index is 997. The molecule has 1 aromatic heterocycles. The first-order valence-electron chi connectivity index (χ1n) is 10.8. The molecule has 0 unspecified atom stereocenters. The van der Waals surface area contributed by atoms with Gasteiger partial charge in [0.05, 0.1) is 23.4 Å². The van der Waals surface area contributed by atoms with Crippen molar-refractivity contribution in [2.75, 3.05) is 50.9 Å². The second-order valence-corrected chi connectivity index (χ2v) is 8.86. The van der Waals surface area contributed by atoms with E-state index in [-0.39, 0.29) is 12.5 Å². The van der Waals surface area contributed by atoms with Crippen LogP contribution in [0, 0.1) is 13.8 Å². The van der Waals surface area contributed by atoms with E-state index in [0.717, 1.165) is 60.2 Å². The molecule has 31 heavy (non-hydrogen) atoms. The van der Waals surface area contributed by atoms with E-state index in [0.29, 0.717) is 12.3 Å². The van der Waals surface area contributed by atoms with Crippen molar-refractivity contribution >= 4 is 32.6 Å². The molecule has 4 rings (SSSR count). The third-order valence-electron chi connectivity index (χ3n) is 5.62. The fraction of sp³-hybridized carbons (Fsp3) is 0.417. The van der Waals surface area contributed by atoms with Crippen molar-refractivity contribution in [2.45, 2.75) is 20.3 Å². The molecule has 7 heteroatoms. The van der Waals surface area contributed by atoms with Gasteiger partial charge in [-0.1, -0.05) is 29.5 Å². The van der Waals surface area contributed by atoms with Crippen LogP contribution in [0.1, 0.15) is 17.5 Å². The molecule has 1 aliphatic rings. The number of aromatic nitrogens is 1. The molecule has 1 fully saturated rings. The fourth-order valence-corrected chi connectivity index (χ4v) is 4.62. The highest BCUT2D eigenvalue weighted by atomic mass is 32.1. The van der Waals surface area contributed by atoms with E-state index in [2.05, 4.69) is 11.8 Å². The summed E-state index contributed by atoms with van der Waals surface area (Å²) in [5.41, 5.74) is 3.28. The van der Waals surface area contributed by atoms with Gasteiger partial charge in [0.25, 0.3) is 5.91 Å². The number of carbonyl (C=O) groups is 1. The lowest BCUT2D eigenvalue weighted by atomic mass is 10.1. The van der Waals surface area contributed by atoms with E-state index in [1.165, 1.54) is 5.56 Å². The predicted octanol–water partition coefficient (Wildman–Crippen LogP) is 4.05. The maximum absolute atomic E-state index is 13.2. The number of thiazole rings is 1. The van der Waals surface area contributed by atoms with Crippen LogP contribution >= 0.6 is 11.3 Å². The van der Waals surface area contributed by atoms with Gasteiger partial charge in [-0.05, 0) is 55.7 Å². The van der Waals surface area contributed by atoms with E-state index in [4.69, 9.17) is 14.5 Å². The summed E-state index contributed by atoms with van der Waals surface area (Å²) in [6.07, 6.45) is 0.880. The zero-order valence-corrected chi connectivity index (χ0v) is 19.0. The highest BCUT2D eigenvalue weighted by molar-refractivity contribution is 7.22. The topological polar surface area (TPSA) is 54.9 Å². The van der Waals surface area contributed by atoms with E-state index in [1.807, 2.05) is 49.4 Å². The smallest absolute Gasteiger partial charge is 0.266 e. The summed E-state index contributed by atoms with van der Waals surface area (Å²) in [6.45, 7) is 9.12. The quantitative estimate of drug-likeness (QED) is 0.530. The molecule has 2 heterocycles. The summed E-state index contributed by atoms with van der Waals surface area (Å²) in [5, 5.41) is 0.733. The van der Waals surface area contributed by atoms with Gasteiger partial charge in [0.2, 0.25) is 0 Å². The molecule has 0 aliphatic carbocycles. The molecule has 1 saturated heterocycles.